The van der Waals surface area contributed by atoms with Gasteiger partial charge in [0, 0.05) is 13.1 Å². The van der Waals surface area contributed by atoms with E-state index in [1.165, 1.54) is 0 Å². The van der Waals surface area contributed by atoms with E-state index in [0.29, 0.717) is 48.8 Å². The van der Waals surface area contributed by atoms with Crippen molar-refractivity contribution in [3.63, 3.8) is 0 Å². The molecular weight excluding hydrogens is 430 g/mol. The lowest BCUT2D eigenvalue weighted by Gasteiger charge is -2.38. The predicted octanol–water partition coefficient (Wildman–Crippen LogP) is 2.38. The van der Waals surface area contributed by atoms with Crippen molar-refractivity contribution in [2.24, 2.45) is 0 Å². The molecule has 1 N–H and O–H groups in total. The number of anilines is 2. The van der Waals surface area contributed by atoms with Crippen LogP contribution in [-0.4, -0.2) is 57.5 Å². The van der Waals surface area contributed by atoms with Crippen LogP contribution in [0.1, 0.15) is 23.1 Å². The molecule has 2 aliphatic heterocycles. The lowest BCUT2D eigenvalue weighted by molar-refractivity contribution is -0.137. The fourth-order valence-corrected chi connectivity index (χ4v) is 6.57. The van der Waals surface area contributed by atoms with E-state index in [1.807, 2.05) is 19.1 Å². The number of nitrogens with one attached hydrogen (secondary N) is 1. The van der Waals surface area contributed by atoms with E-state index in [1.54, 1.807) is 43.0 Å². The first-order valence-electron chi connectivity index (χ1n) is 10.6. The van der Waals surface area contributed by atoms with Crippen LogP contribution in [0, 0.1) is 20.8 Å². The molecule has 8 nitrogen and oxygen atoms in total. The highest BCUT2D eigenvalue weighted by molar-refractivity contribution is 7.93. The molecule has 0 bridgehead atoms. The number of para-hydroxylation sites is 2. The monoisotopic (exact) mass is 457 g/mol. The summed E-state index contributed by atoms with van der Waals surface area (Å²) < 4.78 is 34.5. The van der Waals surface area contributed by atoms with Crippen LogP contribution in [0.15, 0.2) is 41.3 Å². The molecule has 0 spiro atoms. The van der Waals surface area contributed by atoms with Crippen molar-refractivity contribution in [1.82, 2.24) is 4.90 Å². The van der Waals surface area contributed by atoms with E-state index in [4.69, 9.17) is 4.74 Å². The average molecular weight is 458 g/mol. The van der Waals surface area contributed by atoms with E-state index in [-0.39, 0.29) is 17.2 Å². The minimum Gasteiger partial charge on any atom is -0.378 e. The number of hydrogen-bond acceptors (Lipinski definition) is 5. The van der Waals surface area contributed by atoms with Crippen LogP contribution in [0.5, 0.6) is 0 Å². The van der Waals surface area contributed by atoms with Crippen LogP contribution < -0.4 is 9.62 Å². The summed E-state index contributed by atoms with van der Waals surface area (Å²) in [6.45, 7) is 7.10. The normalized spacial score (nSPS) is 18.8. The SMILES string of the molecule is Cc1cc(C)c(S(=O)(=O)N2c3ccccc3NC(=O)C2CC(=O)N2CCOCC2)c(C)c1. The number of benzene rings is 2. The number of fused-ring (bicyclic) bond motifs is 1. The molecule has 0 aliphatic carbocycles. The zero-order valence-electron chi connectivity index (χ0n) is 18.4. The van der Waals surface area contributed by atoms with Crippen LogP contribution in [0.2, 0.25) is 0 Å². The van der Waals surface area contributed by atoms with Gasteiger partial charge in [-0.2, -0.15) is 0 Å². The van der Waals surface area contributed by atoms with E-state index >= 15 is 0 Å². The lowest BCUT2D eigenvalue weighted by Crippen LogP contribution is -2.54. The second kappa shape index (κ2) is 8.55. The maximum absolute atomic E-state index is 14.0. The second-order valence-corrected chi connectivity index (χ2v) is 10.00. The van der Waals surface area contributed by atoms with Gasteiger partial charge in [0.2, 0.25) is 11.8 Å². The molecule has 0 saturated carbocycles. The number of carbonyl (C=O) groups is 2. The molecule has 32 heavy (non-hydrogen) atoms. The molecule has 1 unspecified atom stereocenters. The van der Waals surface area contributed by atoms with Gasteiger partial charge < -0.3 is 15.0 Å². The predicted molar refractivity (Wildman–Crippen MR) is 121 cm³/mol. The Morgan fingerprint density at radius 3 is 2.38 bits per heavy atom. The highest BCUT2D eigenvalue weighted by atomic mass is 32.2. The van der Waals surface area contributed by atoms with Gasteiger partial charge in [0.05, 0.1) is 35.9 Å². The quantitative estimate of drug-likeness (QED) is 0.761. The van der Waals surface area contributed by atoms with Crippen LogP contribution in [0.3, 0.4) is 0 Å². The van der Waals surface area contributed by atoms with Gasteiger partial charge in [-0.25, -0.2) is 8.42 Å². The van der Waals surface area contributed by atoms with Gasteiger partial charge in [0.15, 0.2) is 0 Å². The number of hydrogen-bond donors (Lipinski definition) is 1. The summed E-state index contributed by atoms with van der Waals surface area (Å²) in [6.07, 6.45) is -0.247. The molecule has 1 fully saturated rings. The first-order chi connectivity index (χ1) is 15.2. The van der Waals surface area contributed by atoms with Gasteiger partial charge in [0.25, 0.3) is 10.0 Å². The lowest BCUT2D eigenvalue weighted by atomic mass is 10.1. The topological polar surface area (TPSA) is 96.0 Å². The summed E-state index contributed by atoms with van der Waals surface area (Å²) in [5.74, 6) is -0.790. The van der Waals surface area contributed by atoms with Crippen LogP contribution >= 0.6 is 0 Å². The van der Waals surface area contributed by atoms with Crippen molar-refractivity contribution in [2.45, 2.75) is 38.1 Å². The summed E-state index contributed by atoms with van der Waals surface area (Å²) in [4.78, 5) is 27.8. The summed E-state index contributed by atoms with van der Waals surface area (Å²) in [5.41, 5.74) is 2.91. The van der Waals surface area contributed by atoms with Gasteiger partial charge in [-0.1, -0.05) is 29.8 Å². The largest absolute Gasteiger partial charge is 0.378 e. The number of aryl methyl sites for hydroxylation is 3. The van der Waals surface area contributed by atoms with Crippen molar-refractivity contribution in [3.8, 4) is 0 Å². The number of morpholine rings is 1. The van der Waals surface area contributed by atoms with Gasteiger partial charge in [-0.15, -0.1) is 0 Å². The number of sulfonamides is 1. The third-order valence-electron chi connectivity index (χ3n) is 5.84. The average Bonchev–Trinajstić information content (AvgIpc) is 2.73. The maximum atomic E-state index is 14.0. The zero-order chi connectivity index (χ0) is 23.0. The summed E-state index contributed by atoms with van der Waals surface area (Å²) in [7, 11) is -4.13. The number of nitrogens with zero attached hydrogens (tertiary/aromatic N) is 2. The molecule has 0 aromatic heterocycles. The molecule has 2 heterocycles. The smallest absolute Gasteiger partial charge is 0.265 e. The molecule has 2 amide bonds. The number of rotatable bonds is 4. The zero-order valence-corrected chi connectivity index (χ0v) is 19.2. The minimum atomic E-state index is -4.13. The van der Waals surface area contributed by atoms with E-state index in [2.05, 4.69) is 5.32 Å². The fraction of sp³-hybridized carbons (Fsp3) is 0.391. The first-order valence-corrected chi connectivity index (χ1v) is 12.0. The van der Waals surface area contributed by atoms with Gasteiger partial charge in [-0.3, -0.25) is 13.9 Å². The molecule has 2 aromatic rings. The Hall–Kier alpha value is -2.91. The first kappa shape index (κ1) is 22.3. The Labute approximate surface area is 188 Å². The Balaban J connectivity index is 1.81. The third kappa shape index (κ3) is 3.98. The Morgan fingerprint density at radius 2 is 1.72 bits per heavy atom. The Morgan fingerprint density at radius 1 is 1.09 bits per heavy atom. The molecule has 0 radical (unpaired) electrons. The molecule has 2 aromatic carbocycles. The molecule has 170 valence electrons. The van der Waals surface area contributed by atoms with Crippen LogP contribution in [0.25, 0.3) is 0 Å². The van der Waals surface area contributed by atoms with Crippen LogP contribution in [-0.2, 0) is 24.3 Å². The number of ether oxygens (including phenoxy) is 1. The van der Waals surface area contributed by atoms with E-state index < -0.39 is 22.0 Å². The minimum absolute atomic E-state index is 0.163. The number of amides is 2. The van der Waals surface area contributed by atoms with Crippen molar-refractivity contribution < 1.29 is 22.7 Å². The number of carbonyl (C=O) groups excluding carboxylic acids is 2. The van der Waals surface area contributed by atoms with Crippen molar-refractivity contribution in [2.75, 3.05) is 35.9 Å². The summed E-state index contributed by atoms with van der Waals surface area (Å²) in [6, 6.07) is 9.18. The molecule has 4 rings (SSSR count). The Kier molecular flexibility index (Phi) is 5.96. The highest BCUT2D eigenvalue weighted by Gasteiger charge is 2.43. The maximum Gasteiger partial charge on any atom is 0.265 e. The molecule has 9 heteroatoms. The van der Waals surface area contributed by atoms with E-state index in [0.717, 1.165) is 9.87 Å². The highest BCUT2D eigenvalue weighted by Crippen LogP contribution is 2.38. The molecular formula is C23H27N3O5S. The van der Waals surface area contributed by atoms with Gasteiger partial charge >= 0.3 is 0 Å². The van der Waals surface area contributed by atoms with Crippen LogP contribution in [0.4, 0.5) is 11.4 Å². The standard InChI is InChI=1S/C23H27N3O5S/c1-15-12-16(2)22(17(3)13-15)32(29,30)26-19-7-5-4-6-18(19)24-23(28)20(26)14-21(27)25-8-10-31-11-9-25/h4-7,12-13,20H,8-11,14H2,1-3H3,(H,24,28). The molecule has 2 aliphatic rings. The summed E-state index contributed by atoms with van der Waals surface area (Å²) in [5, 5.41) is 2.77. The summed E-state index contributed by atoms with van der Waals surface area (Å²) >= 11 is 0. The second-order valence-electron chi connectivity index (χ2n) is 8.25. The van der Waals surface area contributed by atoms with Gasteiger partial charge in [-0.05, 0) is 44.0 Å². The Bertz CT molecular complexity index is 1150. The molecule has 1 atom stereocenters. The van der Waals surface area contributed by atoms with Gasteiger partial charge in [0.1, 0.15) is 6.04 Å². The van der Waals surface area contributed by atoms with Crippen molar-refractivity contribution >= 4 is 33.2 Å². The third-order valence-corrected chi connectivity index (χ3v) is 7.97. The van der Waals surface area contributed by atoms with Crippen molar-refractivity contribution in [3.05, 3.63) is 53.1 Å². The fourth-order valence-electron chi connectivity index (χ4n) is 4.51. The van der Waals surface area contributed by atoms with E-state index in [9.17, 15) is 18.0 Å². The molecule has 1 saturated heterocycles. The van der Waals surface area contributed by atoms with Crippen molar-refractivity contribution in [1.29, 1.82) is 0 Å².